The number of aryl methyl sites for hydroxylation is 1. The minimum Gasteiger partial charge on any atom is -0.496 e. The number of urea groups is 1. The molecule has 0 aliphatic rings. The van der Waals surface area contributed by atoms with Crippen LogP contribution in [0, 0.1) is 0 Å². The molecule has 0 spiro atoms. The number of benzene rings is 1. The molecule has 1 atom stereocenters. The summed E-state index contributed by atoms with van der Waals surface area (Å²) in [6.07, 6.45) is 4.25. The van der Waals surface area contributed by atoms with Gasteiger partial charge in [0.25, 0.3) is 0 Å². The molecule has 1 heterocycles. The summed E-state index contributed by atoms with van der Waals surface area (Å²) >= 11 is 5.99. The van der Waals surface area contributed by atoms with Crippen molar-refractivity contribution < 1.29 is 9.53 Å². The normalized spacial score (nSPS) is 11.8. The van der Waals surface area contributed by atoms with Gasteiger partial charge in [0.05, 0.1) is 19.3 Å². The Morgan fingerprint density at radius 2 is 2.26 bits per heavy atom. The first-order valence-corrected chi connectivity index (χ1v) is 7.72. The maximum Gasteiger partial charge on any atom is 0.315 e. The largest absolute Gasteiger partial charge is 0.496 e. The zero-order valence-corrected chi connectivity index (χ0v) is 14.2. The highest BCUT2D eigenvalue weighted by Gasteiger charge is 2.11. The molecule has 2 N–H and O–H groups in total. The zero-order chi connectivity index (χ0) is 16.8. The van der Waals surface area contributed by atoms with E-state index in [0.717, 1.165) is 16.9 Å². The Kier molecular flexibility index (Phi) is 5.87. The van der Waals surface area contributed by atoms with Crippen LogP contribution in [0.1, 0.15) is 24.1 Å². The van der Waals surface area contributed by atoms with E-state index in [1.165, 1.54) is 0 Å². The molecule has 124 valence electrons. The van der Waals surface area contributed by atoms with Gasteiger partial charge in [-0.25, -0.2) is 4.79 Å². The number of carbonyl (C=O) groups is 1. The topological polar surface area (TPSA) is 68.2 Å². The molecule has 6 nitrogen and oxygen atoms in total. The molecule has 0 saturated carbocycles. The minimum atomic E-state index is -0.220. The standard InChI is InChI=1S/C16H21ClN4O2/c1-11(13-9-19-21(2)10-13)20-16(22)18-7-6-12-8-14(17)4-5-15(12)23-3/h4-5,8-11H,6-7H2,1-3H3,(H2,18,20,22)/t11-/m0/s1. The lowest BCUT2D eigenvalue weighted by molar-refractivity contribution is 0.238. The summed E-state index contributed by atoms with van der Waals surface area (Å²) in [5, 5.41) is 10.4. The third-order valence-corrected chi connectivity index (χ3v) is 3.73. The fourth-order valence-corrected chi connectivity index (χ4v) is 2.44. The lowest BCUT2D eigenvalue weighted by atomic mass is 10.1. The van der Waals surface area contributed by atoms with Gasteiger partial charge in [0.1, 0.15) is 5.75 Å². The van der Waals surface area contributed by atoms with Gasteiger partial charge in [-0.3, -0.25) is 4.68 Å². The van der Waals surface area contributed by atoms with Crippen LogP contribution in [0.4, 0.5) is 4.79 Å². The lowest BCUT2D eigenvalue weighted by Gasteiger charge is -2.14. The number of carbonyl (C=O) groups excluding carboxylic acids is 1. The second-order valence-electron chi connectivity index (χ2n) is 5.28. The molecule has 0 radical (unpaired) electrons. The molecule has 0 saturated heterocycles. The van der Waals surface area contributed by atoms with Crippen LogP contribution in [0.5, 0.6) is 5.75 Å². The molecule has 0 bridgehead atoms. The van der Waals surface area contributed by atoms with E-state index in [-0.39, 0.29) is 12.1 Å². The van der Waals surface area contributed by atoms with Crippen LogP contribution in [-0.4, -0.2) is 29.5 Å². The molecule has 7 heteroatoms. The number of methoxy groups -OCH3 is 1. The van der Waals surface area contributed by atoms with Crippen molar-refractivity contribution in [3.8, 4) is 5.75 Å². The molecule has 0 aliphatic heterocycles. The van der Waals surface area contributed by atoms with Crippen molar-refractivity contribution >= 4 is 17.6 Å². The van der Waals surface area contributed by atoms with Gasteiger partial charge >= 0.3 is 6.03 Å². The molecular weight excluding hydrogens is 316 g/mol. The second-order valence-corrected chi connectivity index (χ2v) is 5.71. The van der Waals surface area contributed by atoms with Crippen molar-refractivity contribution in [2.45, 2.75) is 19.4 Å². The summed E-state index contributed by atoms with van der Waals surface area (Å²) in [7, 11) is 3.46. The van der Waals surface area contributed by atoms with Crippen molar-refractivity contribution in [2.75, 3.05) is 13.7 Å². The first-order chi connectivity index (χ1) is 11.0. The third kappa shape index (κ3) is 4.89. The lowest BCUT2D eigenvalue weighted by Crippen LogP contribution is -2.38. The Morgan fingerprint density at radius 3 is 2.91 bits per heavy atom. The van der Waals surface area contributed by atoms with Crippen LogP contribution in [0.2, 0.25) is 5.02 Å². The fourth-order valence-electron chi connectivity index (χ4n) is 2.25. The summed E-state index contributed by atoms with van der Waals surface area (Å²) in [4.78, 5) is 11.9. The van der Waals surface area contributed by atoms with E-state index in [1.54, 1.807) is 24.1 Å². The van der Waals surface area contributed by atoms with Gasteiger partial charge in [-0.05, 0) is 37.1 Å². The van der Waals surface area contributed by atoms with Crippen LogP contribution in [-0.2, 0) is 13.5 Å². The number of amides is 2. The van der Waals surface area contributed by atoms with E-state index in [1.807, 2.05) is 32.3 Å². The fraction of sp³-hybridized carbons (Fsp3) is 0.375. The number of aromatic nitrogens is 2. The molecular formula is C16H21ClN4O2. The van der Waals surface area contributed by atoms with Crippen LogP contribution in [0.3, 0.4) is 0 Å². The van der Waals surface area contributed by atoms with Gasteiger partial charge in [0, 0.05) is 30.4 Å². The van der Waals surface area contributed by atoms with Gasteiger partial charge in [-0.1, -0.05) is 11.6 Å². The van der Waals surface area contributed by atoms with Crippen LogP contribution in [0.25, 0.3) is 0 Å². The Bertz CT molecular complexity index is 672. The van der Waals surface area contributed by atoms with Crippen molar-refractivity contribution in [1.82, 2.24) is 20.4 Å². The molecule has 1 aromatic heterocycles. The first kappa shape index (κ1) is 17.1. The number of nitrogens with one attached hydrogen (secondary N) is 2. The van der Waals surface area contributed by atoms with Crippen LogP contribution >= 0.6 is 11.6 Å². The molecule has 2 aromatic rings. The summed E-state index contributed by atoms with van der Waals surface area (Å²) in [6, 6.07) is 5.12. The van der Waals surface area contributed by atoms with Crippen molar-refractivity contribution in [1.29, 1.82) is 0 Å². The Morgan fingerprint density at radius 1 is 1.48 bits per heavy atom. The number of hydrogen-bond acceptors (Lipinski definition) is 3. The number of hydrogen-bond donors (Lipinski definition) is 2. The smallest absolute Gasteiger partial charge is 0.315 e. The predicted molar refractivity (Wildman–Crippen MR) is 89.9 cm³/mol. The maximum atomic E-state index is 11.9. The maximum absolute atomic E-state index is 11.9. The summed E-state index contributed by atoms with van der Waals surface area (Å²) < 4.78 is 6.99. The average Bonchev–Trinajstić information content (AvgIpc) is 2.94. The van der Waals surface area contributed by atoms with E-state index in [2.05, 4.69) is 15.7 Å². The number of rotatable bonds is 6. The number of halogens is 1. The minimum absolute atomic E-state index is 0.107. The summed E-state index contributed by atoms with van der Waals surface area (Å²) in [6.45, 7) is 2.40. The van der Waals surface area contributed by atoms with Crippen molar-refractivity contribution in [3.05, 3.63) is 46.7 Å². The monoisotopic (exact) mass is 336 g/mol. The van der Waals surface area contributed by atoms with Gasteiger partial charge < -0.3 is 15.4 Å². The Hall–Kier alpha value is -2.21. The van der Waals surface area contributed by atoms with E-state index in [4.69, 9.17) is 16.3 Å². The van der Waals surface area contributed by atoms with Crippen molar-refractivity contribution in [3.63, 3.8) is 0 Å². The first-order valence-electron chi connectivity index (χ1n) is 7.35. The van der Waals surface area contributed by atoms with E-state index in [0.29, 0.717) is 18.0 Å². The van der Waals surface area contributed by atoms with Gasteiger partial charge in [-0.15, -0.1) is 0 Å². The highest BCUT2D eigenvalue weighted by molar-refractivity contribution is 6.30. The highest BCUT2D eigenvalue weighted by Crippen LogP contribution is 2.22. The van der Waals surface area contributed by atoms with E-state index in [9.17, 15) is 4.79 Å². The van der Waals surface area contributed by atoms with E-state index >= 15 is 0 Å². The van der Waals surface area contributed by atoms with Crippen LogP contribution < -0.4 is 15.4 Å². The van der Waals surface area contributed by atoms with E-state index < -0.39 is 0 Å². The van der Waals surface area contributed by atoms with Gasteiger partial charge in [-0.2, -0.15) is 5.10 Å². The molecule has 0 aliphatic carbocycles. The quantitative estimate of drug-likeness (QED) is 0.852. The molecule has 0 unspecified atom stereocenters. The second kappa shape index (κ2) is 7.87. The predicted octanol–water partition coefficient (Wildman–Crippen LogP) is 2.69. The zero-order valence-electron chi connectivity index (χ0n) is 13.5. The SMILES string of the molecule is COc1ccc(Cl)cc1CCNC(=O)N[C@@H](C)c1cnn(C)c1. The average molecular weight is 337 g/mol. The molecule has 1 aromatic carbocycles. The molecule has 23 heavy (non-hydrogen) atoms. The highest BCUT2D eigenvalue weighted by atomic mass is 35.5. The molecule has 2 amide bonds. The third-order valence-electron chi connectivity index (χ3n) is 3.49. The summed E-state index contributed by atoms with van der Waals surface area (Å²) in [5.41, 5.74) is 1.92. The molecule has 2 rings (SSSR count). The van der Waals surface area contributed by atoms with Gasteiger partial charge in [0.2, 0.25) is 0 Å². The Balaban J connectivity index is 1.82. The van der Waals surface area contributed by atoms with Gasteiger partial charge in [0.15, 0.2) is 0 Å². The van der Waals surface area contributed by atoms with Crippen molar-refractivity contribution in [2.24, 2.45) is 7.05 Å². The number of ether oxygens (including phenoxy) is 1. The summed E-state index contributed by atoms with van der Waals surface area (Å²) in [5.74, 6) is 0.764. The van der Waals surface area contributed by atoms with Crippen LogP contribution in [0.15, 0.2) is 30.6 Å². The molecule has 0 fully saturated rings. The number of nitrogens with zero attached hydrogens (tertiary/aromatic N) is 2. The Labute approximate surface area is 140 Å².